The van der Waals surface area contributed by atoms with E-state index in [9.17, 15) is 4.79 Å². The first-order chi connectivity index (χ1) is 8.59. The highest BCUT2D eigenvalue weighted by Gasteiger charge is 2.11. The first kappa shape index (κ1) is 12.6. The van der Waals surface area contributed by atoms with E-state index in [1.54, 1.807) is 23.6 Å². The van der Waals surface area contributed by atoms with Gasteiger partial charge in [-0.25, -0.2) is 14.4 Å². The number of rotatable bonds is 1. The molecule has 0 atom stereocenters. The molecule has 1 aromatic carbocycles. The van der Waals surface area contributed by atoms with E-state index < -0.39 is 0 Å². The van der Waals surface area contributed by atoms with E-state index in [0.717, 1.165) is 11.4 Å². The van der Waals surface area contributed by atoms with Crippen molar-refractivity contribution in [3.05, 3.63) is 46.2 Å². The monoisotopic (exact) mass is 261 g/mol. The highest BCUT2D eigenvalue weighted by Crippen LogP contribution is 2.10. The molecular weight excluding hydrogens is 246 g/mol. The van der Waals surface area contributed by atoms with Crippen LogP contribution in [0.5, 0.6) is 0 Å². The van der Waals surface area contributed by atoms with Gasteiger partial charge in [-0.05, 0) is 19.1 Å². The van der Waals surface area contributed by atoms with Crippen molar-refractivity contribution in [1.82, 2.24) is 9.47 Å². The maximum Gasteiger partial charge on any atom is 0.330 e. The predicted octanol–water partition coefficient (Wildman–Crippen LogP) is 2.62. The van der Waals surface area contributed by atoms with Crippen molar-refractivity contribution in [2.24, 2.45) is 4.99 Å². The zero-order chi connectivity index (χ0) is 13.1. The Kier molecular flexibility index (Phi) is 3.62. The maximum atomic E-state index is 12.1. The van der Waals surface area contributed by atoms with Gasteiger partial charge in [0.05, 0.1) is 5.69 Å². The normalized spacial score (nSPS) is 11.6. The fourth-order valence-electron chi connectivity index (χ4n) is 1.52. The molecule has 1 aromatic heterocycles. The molecule has 1 heterocycles. The van der Waals surface area contributed by atoms with E-state index in [1.807, 2.05) is 42.6 Å². The van der Waals surface area contributed by atoms with Crippen molar-refractivity contribution >= 4 is 23.1 Å². The van der Waals surface area contributed by atoms with Crippen LogP contribution < -0.4 is 4.80 Å². The molecule has 0 fully saturated rings. The van der Waals surface area contributed by atoms with E-state index in [2.05, 4.69) is 4.99 Å². The Labute approximate surface area is 110 Å². The first-order valence-electron chi connectivity index (χ1n) is 5.58. The Morgan fingerprint density at radius 1 is 1.28 bits per heavy atom. The van der Waals surface area contributed by atoms with Crippen molar-refractivity contribution in [2.75, 3.05) is 14.1 Å². The number of benzene rings is 1. The van der Waals surface area contributed by atoms with Crippen molar-refractivity contribution in [2.45, 2.75) is 6.92 Å². The summed E-state index contributed by atoms with van der Waals surface area (Å²) in [4.78, 5) is 18.8. The Morgan fingerprint density at radius 2 is 1.94 bits per heavy atom. The second kappa shape index (κ2) is 5.18. The average molecular weight is 261 g/mol. The van der Waals surface area contributed by atoms with E-state index in [1.165, 1.54) is 11.3 Å². The summed E-state index contributed by atoms with van der Waals surface area (Å²) in [7, 11) is 3.47. The number of hydrogen-bond donors (Lipinski definition) is 0. The van der Waals surface area contributed by atoms with E-state index >= 15 is 0 Å². The second-order valence-corrected chi connectivity index (χ2v) is 4.96. The minimum absolute atomic E-state index is 0.0802. The number of aryl methyl sites for hydroxylation is 1. The van der Waals surface area contributed by atoms with E-state index in [-0.39, 0.29) is 6.03 Å². The van der Waals surface area contributed by atoms with Gasteiger partial charge in [0.1, 0.15) is 0 Å². The van der Waals surface area contributed by atoms with Gasteiger partial charge < -0.3 is 4.90 Å². The fraction of sp³-hybridized carbons (Fsp3) is 0.231. The van der Waals surface area contributed by atoms with Gasteiger partial charge in [0.2, 0.25) is 0 Å². The van der Waals surface area contributed by atoms with Crippen LogP contribution >= 0.6 is 11.3 Å². The Balaban J connectivity index is 2.53. The van der Waals surface area contributed by atoms with Crippen molar-refractivity contribution in [3.63, 3.8) is 0 Å². The quantitative estimate of drug-likeness (QED) is 0.777. The zero-order valence-corrected chi connectivity index (χ0v) is 11.4. The summed E-state index contributed by atoms with van der Waals surface area (Å²) in [6.45, 7) is 1.90. The molecule has 0 bridgehead atoms. The second-order valence-electron chi connectivity index (χ2n) is 4.12. The molecule has 0 aliphatic rings. The first-order valence-corrected chi connectivity index (χ1v) is 6.46. The molecule has 0 aliphatic heterocycles. The summed E-state index contributed by atoms with van der Waals surface area (Å²) in [5.74, 6) is 0. The fourth-order valence-corrected chi connectivity index (χ4v) is 2.38. The van der Waals surface area contributed by atoms with Gasteiger partial charge in [0, 0.05) is 25.2 Å². The molecular formula is C13H15N3OS. The van der Waals surface area contributed by atoms with Gasteiger partial charge in [0.25, 0.3) is 0 Å². The van der Waals surface area contributed by atoms with E-state index in [0.29, 0.717) is 4.80 Å². The number of nitrogens with zero attached hydrogens (tertiary/aromatic N) is 3. The van der Waals surface area contributed by atoms with Crippen LogP contribution in [0.15, 0.2) is 40.7 Å². The molecule has 0 radical (unpaired) electrons. The highest BCUT2D eigenvalue weighted by atomic mass is 32.1. The van der Waals surface area contributed by atoms with Crippen molar-refractivity contribution < 1.29 is 4.79 Å². The van der Waals surface area contributed by atoms with Gasteiger partial charge in [-0.3, -0.25) is 0 Å². The number of hydrogen-bond acceptors (Lipinski definition) is 3. The minimum Gasteiger partial charge on any atom is -0.330 e. The molecule has 0 saturated carbocycles. The van der Waals surface area contributed by atoms with Crippen molar-refractivity contribution in [1.29, 1.82) is 0 Å². The zero-order valence-electron chi connectivity index (χ0n) is 10.6. The summed E-state index contributed by atoms with van der Waals surface area (Å²) in [6, 6.07) is 9.55. The summed E-state index contributed by atoms with van der Waals surface area (Å²) >= 11 is 1.47. The van der Waals surface area contributed by atoms with Gasteiger partial charge in [0.15, 0.2) is 4.80 Å². The molecule has 18 heavy (non-hydrogen) atoms. The molecule has 2 rings (SSSR count). The van der Waals surface area contributed by atoms with Gasteiger partial charge in [-0.1, -0.05) is 18.2 Å². The third-order valence-electron chi connectivity index (χ3n) is 2.43. The Bertz CT molecular complexity index is 611. The van der Waals surface area contributed by atoms with E-state index in [4.69, 9.17) is 0 Å². The van der Waals surface area contributed by atoms with Crippen LogP contribution in [-0.2, 0) is 0 Å². The summed E-state index contributed by atoms with van der Waals surface area (Å²) in [5.41, 5.74) is 1.74. The molecule has 0 unspecified atom stereocenters. The molecule has 0 N–H and O–H groups in total. The lowest BCUT2D eigenvalue weighted by molar-refractivity contribution is 0.218. The molecule has 1 amide bonds. The molecule has 5 heteroatoms. The minimum atomic E-state index is -0.0802. The molecule has 0 saturated heterocycles. The molecule has 94 valence electrons. The number of amides is 1. The highest BCUT2D eigenvalue weighted by molar-refractivity contribution is 7.07. The molecule has 0 aliphatic carbocycles. The number of carbonyl (C=O) groups is 1. The molecule has 2 aromatic rings. The van der Waals surface area contributed by atoms with Crippen LogP contribution in [0.1, 0.15) is 5.69 Å². The number of aromatic nitrogens is 1. The number of carbonyl (C=O) groups excluding carboxylic acids is 1. The van der Waals surface area contributed by atoms with Crippen molar-refractivity contribution in [3.8, 4) is 0 Å². The molecule has 0 spiro atoms. The lowest BCUT2D eigenvalue weighted by Crippen LogP contribution is -2.34. The largest absolute Gasteiger partial charge is 0.330 e. The van der Waals surface area contributed by atoms with Crippen LogP contribution in [0, 0.1) is 6.92 Å². The summed E-state index contributed by atoms with van der Waals surface area (Å²) in [6.07, 6.45) is 0. The van der Waals surface area contributed by atoms with Gasteiger partial charge >= 0.3 is 6.03 Å². The average Bonchev–Trinajstić information content (AvgIpc) is 2.71. The van der Waals surface area contributed by atoms with Gasteiger partial charge in [-0.15, -0.1) is 11.3 Å². The number of thiazole rings is 1. The predicted molar refractivity (Wildman–Crippen MR) is 73.2 cm³/mol. The van der Waals surface area contributed by atoms with Crippen LogP contribution in [0.2, 0.25) is 0 Å². The number of para-hydroxylation sites is 1. The lowest BCUT2D eigenvalue weighted by atomic mass is 10.3. The topological polar surface area (TPSA) is 37.6 Å². The Hall–Kier alpha value is -1.88. The Morgan fingerprint density at radius 3 is 2.56 bits per heavy atom. The summed E-state index contributed by atoms with van der Waals surface area (Å²) in [5, 5.41) is 1.93. The SMILES string of the molecule is Cc1csc(=Nc2ccccc2)n1C(=O)N(C)C. The third kappa shape index (κ3) is 2.51. The van der Waals surface area contributed by atoms with Crippen LogP contribution in [-0.4, -0.2) is 29.6 Å². The third-order valence-corrected chi connectivity index (χ3v) is 3.38. The maximum absolute atomic E-state index is 12.1. The summed E-state index contributed by atoms with van der Waals surface area (Å²) < 4.78 is 1.62. The standard InChI is InChI=1S/C13H15N3OS/c1-10-9-18-12(16(10)13(17)15(2)3)14-11-7-5-4-6-8-11/h4-9H,1-3H3. The van der Waals surface area contributed by atoms with Crippen LogP contribution in [0.25, 0.3) is 0 Å². The lowest BCUT2D eigenvalue weighted by Gasteiger charge is -2.11. The van der Waals surface area contributed by atoms with Crippen LogP contribution in [0.4, 0.5) is 10.5 Å². The molecule has 4 nitrogen and oxygen atoms in total. The van der Waals surface area contributed by atoms with Gasteiger partial charge in [-0.2, -0.15) is 0 Å². The smallest absolute Gasteiger partial charge is 0.330 e. The van der Waals surface area contributed by atoms with Crippen LogP contribution in [0.3, 0.4) is 0 Å².